The normalized spacial score (nSPS) is 10.7. The van der Waals surface area contributed by atoms with Gasteiger partial charge in [-0.3, -0.25) is 4.79 Å². The summed E-state index contributed by atoms with van der Waals surface area (Å²) in [4.78, 5) is 24.0. The van der Waals surface area contributed by atoms with Crippen molar-refractivity contribution in [2.45, 2.75) is 0 Å². The van der Waals surface area contributed by atoms with E-state index < -0.39 is 11.9 Å². The van der Waals surface area contributed by atoms with Gasteiger partial charge < -0.3 is 13.9 Å². The summed E-state index contributed by atoms with van der Waals surface area (Å²) in [6.07, 6.45) is 1.37. The van der Waals surface area contributed by atoms with Crippen LogP contribution in [-0.4, -0.2) is 32.3 Å². The van der Waals surface area contributed by atoms with Gasteiger partial charge in [0, 0.05) is 5.56 Å². The molecule has 148 valence electrons. The first kappa shape index (κ1) is 20.2. The molecule has 0 aliphatic heterocycles. The van der Waals surface area contributed by atoms with Gasteiger partial charge in [-0.1, -0.05) is 23.7 Å². The van der Waals surface area contributed by atoms with Crippen molar-refractivity contribution in [2.75, 3.05) is 14.2 Å². The molecule has 2 aromatic carbocycles. The molecule has 0 saturated heterocycles. The van der Waals surface area contributed by atoms with E-state index in [0.717, 1.165) is 0 Å². The molecule has 0 radical (unpaired) electrons. The Labute approximate surface area is 171 Å². The lowest BCUT2D eigenvalue weighted by Crippen LogP contribution is -2.18. The van der Waals surface area contributed by atoms with Crippen LogP contribution in [0.4, 0.5) is 0 Å². The molecule has 1 N–H and O–H groups in total. The number of methoxy groups -OCH3 is 2. The van der Waals surface area contributed by atoms with E-state index in [2.05, 4.69) is 10.5 Å². The first-order chi connectivity index (χ1) is 14.0. The van der Waals surface area contributed by atoms with Crippen LogP contribution >= 0.6 is 11.6 Å². The highest BCUT2D eigenvalue weighted by Gasteiger charge is 2.14. The van der Waals surface area contributed by atoms with E-state index in [1.165, 1.54) is 20.4 Å². The average Bonchev–Trinajstić information content (AvgIpc) is 3.22. The quantitative estimate of drug-likeness (QED) is 0.373. The number of nitrogens with zero attached hydrogens (tertiary/aromatic N) is 1. The van der Waals surface area contributed by atoms with Gasteiger partial charge in [0.1, 0.15) is 17.3 Å². The van der Waals surface area contributed by atoms with Crippen LogP contribution in [0.3, 0.4) is 0 Å². The van der Waals surface area contributed by atoms with Gasteiger partial charge in [-0.25, -0.2) is 10.2 Å². The standard InChI is InChI=1S/C21H17ClN2O5/c1-27-19-6-4-3-5-15(19)20(25)24-23-12-14-8-10-18(29-14)13-7-9-17(22)16(11-13)21(26)28-2/h3-12H,1-2H3,(H,24,25)/b23-12+. The molecule has 1 heterocycles. The summed E-state index contributed by atoms with van der Waals surface area (Å²) in [5.74, 6) is 0.416. The van der Waals surface area contributed by atoms with E-state index in [1.807, 2.05) is 0 Å². The molecular formula is C21H17ClN2O5. The molecule has 8 heteroatoms. The van der Waals surface area contributed by atoms with Gasteiger partial charge in [0.25, 0.3) is 5.91 Å². The second kappa shape index (κ2) is 9.07. The molecule has 29 heavy (non-hydrogen) atoms. The number of hydrogen-bond donors (Lipinski definition) is 1. The molecule has 0 spiro atoms. The van der Waals surface area contributed by atoms with E-state index in [1.54, 1.807) is 54.6 Å². The van der Waals surface area contributed by atoms with Crippen LogP contribution in [0.15, 0.2) is 64.1 Å². The summed E-state index contributed by atoms with van der Waals surface area (Å²) >= 11 is 6.03. The van der Waals surface area contributed by atoms with Crippen molar-refractivity contribution in [1.82, 2.24) is 5.43 Å². The van der Waals surface area contributed by atoms with E-state index in [0.29, 0.717) is 28.4 Å². The lowest BCUT2D eigenvalue weighted by molar-refractivity contribution is 0.0601. The van der Waals surface area contributed by atoms with E-state index in [-0.39, 0.29) is 10.6 Å². The summed E-state index contributed by atoms with van der Waals surface area (Å²) < 4.78 is 15.6. The number of furan rings is 1. The van der Waals surface area contributed by atoms with E-state index in [9.17, 15) is 9.59 Å². The number of para-hydroxylation sites is 1. The smallest absolute Gasteiger partial charge is 0.339 e. The number of esters is 1. The van der Waals surface area contributed by atoms with Gasteiger partial charge in [-0.15, -0.1) is 0 Å². The average molecular weight is 413 g/mol. The van der Waals surface area contributed by atoms with Crippen LogP contribution in [0.1, 0.15) is 26.5 Å². The molecule has 0 bridgehead atoms. The molecule has 3 aromatic rings. The number of ether oxygens (including phenoxy) is 2. The van der Waals surface area contributed by atoms with Crippen molar-refractivity contribution in [2.24, 2.45) is 5.10 Å². The zero-order valence-electron chi connectivity index (χ0n) is 15.6. The number of rotatable bonds is 6. The van der Waals surface area contributed by atoms with Crippen molar-refractivity contribution in [3.05, 3.63) is 76.5 Å². The monoisotopic (exact) mass is 412 g/mol. The fourth-order valence-corrected chi connectivity index (χ4v) is 2.76. The fourth-order valence-electron chi connectivity index (χ4n) is 2.57. The molecule has 0 fully saturated rings. The van der Waals surface area contributed by atoms with Gasteiger partial charge in [-0.2, -0.15) is 5.10 Å². The third-order valence-electron chi connectivity index (χ3n) is 3.99. The molecule has 0 aliphatic carbocycles. The summed E-state index contributed by atoms with van der Waals surface area (Å²) in [5.41, 5.74) is 3.67. The number of nitrogens with one attached hydrogen (secondary N) is 1. The third kappa shape index (κ3) is 4.64. The Bertz CT molecular complexity index is 1070. The lowest BCUT2D eigenvalue weighted by atomic mass is 10.1. The maximum absolute atomic E-state index is 12.2. The minimum atomic E-state index is -0.538. The van der Waals surface area contributed by atoms with Crippen molar-refractivity contribution in [1.29, 1.82) is 0 Å². The second-order valence-corrected chi connectivity index (χ2v) is 6.19. The highest BCUT2D eigenvalue weighted by Crippen LogP contribution is 2.27. The highest BCUT2D eigenvalue weighted by atomic mass is 35.5. The van der Waals surface area contributed by atoms with Crippen molar-refractivity contribution in [3.63, 3.8) is 0 Å². The number of hydrogen-bond acceptors (Lipinski definition) is 6. The Kier molecular flexibility index (Phi) is 6.31. The minimum Gasteiger partial charge on any atom is -0.496 e. The predicted molar refractivity (Wildman–Crippen MR) is 109 cm³/mol. The summed E-state index contributed by atoms with van der Waals surface area (Å²) in [5, 5.41) is 4.19. The molecule has 0 unspecified atom stereocenters. The molecule has 0 aliphatic rings. The Morgan fingerprint density at radius 1 is 1.07 bits per heavy atom. The zero-order valence-corrected chi connectivity index (χ0v) is 16.4. The van der Waals surface area contributed by atoms with Crippen LogP contribution in [0.25, 0.3) is 11.3 Å². The first-order valence-electron chi connectivity index (χ1n) is 8.48. The summed E-state index contributed by atoms with van der Waals surface area (Å²) in [6.45, 7) is 0. The number of benzene rings is 2. The maximum Gasteiger partial charge on any atom is 0.339 e. The Morgan fingerprint density at radius 2 is 1.86 bits per heavy atom. The van der Waals surface area contributed by atoms with Gasteiger partial charge in [-0.05, 0) is 42.5 Å². The van der Waals surface area contributed by atoms with E-state index >= 15 is 0 Å². The Balaban J connectivity index is 1.72. The lowest BCUT2D eigenvalue weighted by Gasteiger charge is -2.05. The number of carbonyl (C=O) groups excluding carboxylic acids is 2. The number of amides is 1. The zero-order chi connectivity index (χ0) is 20.8. The van der Waals surface area contributed by atoms with Crippen LogP contribution in [-0.2, 0) is 4.74 Å². The van der Waals surface area contributed by atoms with Gasteiger partial charge >= 0.3 is 5.97 Å². The van der Waals surface area contributed by atoms with Crippen LogP contribution in [0.2, 0.25) is 5.02 Å². The minimum absolute atomic E-state index is 0.238. The fraction of sp³-hybridized carbons (Fsp3) is 0.0952. The largest absolute Gasteiger partial charge is 0.496 e. The van der Waals surface area contributed by atoms with Gasteiger partial charge in [0.2, 0.25) is 0 Å². The second-order valence-electron chi connectivity index (χ2n) is 5.79. The maximum atomic E-state index is 12.2. The molecule has 1 amide bonds. The highest BCUT2D eigenvalue weighted by molar-refractivity contribution is 6.33. The van der Waals surface area contributed by atoms with E-state index in [4.69, 9.17) is 25.5 Å². The van der Waals surface area contributed by atoms with Crippen LogP contribution in [0, 0.1) is 0 Å². The molecule has 0 atom stereocenters. The number of carbonyl (C=O) groups is 2. The Morgan fingerprint density at radius 3 is 2.62 bits per heavy atom. The SMILES string of the molecule is COC(=O)c1cc(-c2ccc(/C=N/NC(=O)c3ccccc3OC)o2)ccc1Cl. The van der Waals surface area contributed by atoms with Crippen molar-refractivity contribution in [3.8, 4) is 17.1 Å². The van der Waals surface area contributed by atoms with Crippen LogP contribution < -0.4 is 10.2 Å². The van der Waals surface area contributed by atoms with Crippen molar-refractivity contribution < 1.29 is 23.5 Å². The topological polar surface area (TPSA) is 90.1 Å². The molecular weight excluding hydrogens is 396 g/mol. The third-order valence-corrected chi connectivity index (χ3v) is 4.32. The molecule has 0 saturated carbocycles. The Hall–Kier alpha value is -3.58. The molecule has 3 rings (SSSR count). The van der Waals surface area contributed by atoms with Gasteiger partial charge in [0.15, 0.2) is 0 Å². The number of hydrazone groups is 1. The predicted octanol–water partition coefficient (Wildman–Crippen LogP) is 4.16. The summed E-state index contributed by atoms with van der Waals surface area (Å²) in [7, 11) is 2.77. The molecule has 1 aromatic heterocycles. The summed E-state index contributed by atoms with van der Waals surface area (Å²) in [6, 6.07) is 15.1. The van der Waals surface area contributed by atoms with Crippen LogP contribution in [0.5, 0.6) is 5.75 Å². The van der Waals surface area contributed by atoms with Gasteiger partial charge in [0.05, 0.1) is 36.6 Å². The van der Waals surface area contributed by atoms with Crippen molar-refractivity contribution >= 4 is 29.7 Å². The first-order valence-corrected chi connectivity index (χ1v) is 8.85. The number of halogens is 1. The molecule has 7 nitrogen and oxygen atoms in total.